The largest absolute Gasteiger partial charge is 0.488 e. The summed E-state index contributed by atoms with van der Waals surface area (Å²) in [6.45, 7) is 1.52. The standard InChI is InChI=1S/C14H13BO3/c1-10(16)11-4-2-5-12(8-11)13-6-3-7-14(9-13)15(17)18/h2-9,17-18H,1H3. The number of carbonyl (C=O) groups is 1. The second kappa shape index (κ2) is 5.17. The molecule has 90 valence electrons. The molecule has 3 nitrogen and oxygen atoms in total. The third-order valence-corrected chi connectivity index (χ3v) is 2.79. The van der Waals surface area contributed by atoms with Gasteiger partial charge in [0.25, 0.3) is 0 Å². The summed E-state index contributed by atoms with van der Waals surface area (Å²) in [5, 5.41) is 18.3. The summed E-state index contributed by atoms with van der Waals surface area (Å²) in [6.07, 6.45) is 0. The van der Waals surface area contributed by atoms with Crippen LogP contribution in [0.15, 0.2) is 48.5 Å². The Morgan fingerprint density at radius 3 is 2.22 bits per heavy atom. The molecule has 0 spiro atoms. The molecule has 0 unspecified atom stereocenters. The van der Waals surface area contributed by atoms with Gasteiger partial charge in [-0.2, -0.15) is 0 Å². The minimum absolute atomic E-state index is 0.00944. The average Bonchev–Trinajstić information content (AvgIpc) is 2.39. The van der Waals surface area contributed by atoms with E-state index in [1.54, 1.807) is 30.3 Å². The van der Waals surface area contributed by atoms with Crippen LogP contribution in [0.3, 0.4) is 0 Å². The Bertz CT molecular complexity index is 579. The first-order valence-corrected chi connectivity index (χ1v) is 5.65. The molecule has 2 N–H and O–H groups in total. The molecule has 18 heavy (non-hydrogen) atoms. The van der Waals surface area contributed by atoms with Crippen LogP contribution in [0.2, 0.25) is 0 Å². The second-order valence-corrected chi connectivity index (χ2v) is 4.14. The summed E-state index contributed by atoms with van der Waals surface area (Å²) in [7, 11) is -1.49. The van der Waals surface area contributed by atoms with E-state index in [-0.39, 0.29) is 5.78 Å². The van der Waals surface area contributed by atoms with E-state index in [1.807, 2.05) is 18.2 Å². The van der Waals surface area contributed by atoms with Gasteiger partial charge in [-0.05, 0) is 29.6 Å². The molecule has 0 radical (unpaired) electrons. The van der Waals surface area contributed by atoms with Crippen molar-refractivity contribution in [3.63, 3.8) is 0 Å². The number of rotatable bonds is 3. The lowest BCUT2D eigenvalue weighted by Gasteiger charge is -2.06. The molecule has 0 aliphatic rings. The first-order valence-electron chi connectivity index (χ1n) is 5.65. The average molecular weight is 240 g/mol. The van der Waals surface area contributed by atoms with E-state index in [4.69, 9.17) is 10.0 Å². The molecule has 0 saturated heterocycles. The molecule has 0 aliphatic carbocycles. The topological polar surface area (TPSA) is 57.5 Å². The Hall–Kier alpha value is -1.91. The number of carbonyl (C=O) groups excluding carboxylic acids is 1. The molecule has 0 aromatic heterocycles. The highest BCUT2D eigenvalue weighted by Crippen LogP contribution is 2.19. The van der Waals surface area contributed by atoms with Gasteiger partial charge in [-0.3, -0.25) is 4.79 Å². The van der Waals surface area contributed by atoms with Crippen molar-refractivity contribution >= 4 is 18.4 Å². The second-order valence-electron chi connectivity index (χ2n) is 4.14. The fraction of sp³-hybridized carbons (Fsp3) is 0.0714. The van der Waals surface area contributed by atoms with E-state index >= 15 is 0 Å². The molecule has 0 fully saturated rings. The quantitative estimate of drug-likeness (QED) is 0.626. The molecule has 4 heteroatoms. The van der Waals surface area contributed by atoms with E-state index in [2.05, 4.69) is 0 Å². The first kappa shape index (κ1) is 12.5. The van der Waals surface area contributed by atoms with Gasteiger partial charge in [-0.25, -0.2) is 0 Å². The molecule has 0 aliphatic heterocycles. The van der Waals surface area contributed by atoms with Crippen LogP contribution in [0.5, 0.6) is 0 Å². The van der Waals surface area contributed by atoms with Crippen molar-refractivity contribution in [2.45, 2.75) is 6.92 Å². The SMILES string of the molecule is CC(=O)c1cccc(-c2cccc(B(O)O)c2)c1. The molecule has 0 atom stereocenters. The van der Waals surface area contributed by atoms with Crippen molar-refractivity contribution < 1.29 is 14.8 Å². The fourth-order valence-corrected chi connectivity index (χ4v) is 1.80. The maximum absolute atomic E-state index is 11.3. The van der Waals surface area contributed by atoms with E-state index in [0.29, 0.717) is 11.0 Å². The minimum atomic E-state index is -1.49. The summed E-state index contributed by atoms with van der Waals surface area (Å²) >= 11 is 0. The van der Waals surface area contributed by atoms with E-state index in [9.17, 15) is 4.79 Å². The number of hydrogen-bond acceptors (Lipinski definition) is 3. The van der Waals surface area contributed by atoms with Gasteiger partial charge in [0.05, 0.1) is 0 Å². The van der Waals surface area contributed by atoms with Crippen molar-refractivity contribution in [1.82, 2.24) is 0 Å². The van der Waals surface area contributed by atoms with Gasteiger partial charge in [0.15, 0.2) is 5.78 Å². The van der Waals surface area contributed by atoms with Crippen molar-refractivity contribution in [3.8, 4) is 11.1 Å². The zero-order valence-electron chi connectivity index (χ0n) is 10.00. The molecule has 2 aromatic rings. The van der Waals surface area contributed by atoms with Gasteiger partial charge >= 0.3 is 7.12 Å². The van der Waals surface area contributed by atoms with Crippen LogP contribution in [-0.2, 0) is 0 Å². The number of Topliss-reactive ketones (excluding diaryl/α,β-unsaturated/α-hetero) is 1. The molecule has 2 rings (SSSR count). The van der Waals surface area contributed by atoms with Crippen LogP contribution in [0.1, 0.15) is 17.3 Å². The normalized spacial score (nSPS) is 10.2. The van der Waals surface area contributed by atoms with E-state index in [0.717, 1.165) is 11.1 Å². The van der Waals surface area contributed by atoms with Crippen molar-refractivity contribution in [2.75, 3.05) is 0 Å². The van der Waals surface area contributed by atoms with Gasteiger partial charge in [0.2, 0.25) is 0 Å². The lowest BCUT2D eigenvalue weighted by molar-refractivity contribution is 0.101. The van der Waals surface area contributed by atoms with Crippen LogP contribution >= 0.6 is 0 Å². The minimum Gasteiger partial charge on any atom is -0.423 e. The molecular weight excluding hydrogens is 227 g/mol. The highest BCUT2D eigenvalue weighted by atomic mass is 16.4. The Morgan fingerprint density at radius 1 is 1.00 bits per heavy atom. The van der Waals surface area contributed by atoms with Crippen LogP contribution in [0.4, 0.5) is 0 Å². The third-order valence-electron chi connectivity index (χ3n) is 2.79. The van der Waals surface area contributed by atoms with Crippen LogP contribution in [-0.4, -0.2) is 22.9 Å². The smallest absolute Gasteiger partial charge is 0.423 e. The maximum atomic E-state index is 11.3. The monoisotopic (exact) mass is 240 g/mol. The van der Waals surface area contributed by atoms with Crippen molar-refractivity contribution in [2.24, 2.45) is 0 Å². The third kappa shape index (κ3) is 2.67. The van der Waals surface area contributed by atoms with Crippen LogP contribution < -0.4 is 5.46 Å². The zero-order valence-corrected chi connectivity index (χ0v) is 10.00. The summed E-state index contributed by atoms with van der Waals surface area (Å²) < 4.78 is 0. The highest BCUT2D eigenvalue weighted by molar-refractivity contribution is 6.58. The molecule has 0 heterocycles. The van der Waals surface area contributed by atoms with Crippen molar-refractivity contribution in [1.29, 1.82) is 0 Å². The first-order chi connectivity index (χ1) is 8.58. The summed E-state index contributed by atoms with van der Waals surface area (Å²) in [6, 6.07) is 14.2. The lowest BCUT2D eigenvalue weighted by atomic mass is 9.79. The van der Waals surface area contributed by atoms with Crippen molar-refractivity contribution in [3.05, 3.63) is 54.1 Å². The Balaban J connectivity index is 2.45. The maximum Gasteiger partial charge on any atom is 0.488 e. The Kier molecular flexibility index (Phi) is 3.60. The highest BCUT2D eigenvalue weighted by Gasteiger charge is 2.11. The van der Waals surface area contributed by atoms with E-state index < -0.39 is 7.12 Å². The summed E-state index contributed by atoms with van der Waals surface area (Å²) in [4.78, 5) is 11.3. The van der Waals surface area contributed by atoms with E-state index in [1.165, 1.54) is 6.92 Å². The van der Waals surface area contributed by atoms with Gasteiger partial charge in [-0.1, -0.05) is 42.5 Å². The molecule has 0 amide bonds. The summed E-state index contributed by atoms with van der Waals surface area (Å²) in [5.41, 5.74) is 2.80. The van der Waals surface area contributed by atoms with Crippen LogP contribution in [0, 0.1) is 0 Å². The molecule has 0 bridgehead atoms. The molecule has 0 saturated carbocycles. The zero-order chi connectivity index (χ0) is 13.1. The summed E-state index contributed by atoms with van der Waals surface area (Å²) in [5.74, 6) is 0.00944. The number of hydrogen-bond donors (Lipinski definition) is 2. The van der Waals surface area contributed by atoms with Gasteiger partial charge in [-0.15, -0.1) is 0 Å². The number of benzene rings is 2. The van der Waals surface area contributed by atoms with Gasteiger partial charge in [0.1, 0.15) is 0 Å². The number of ketones is 1. The molecular formula is C14H13BO3. The predicted octanol–water partition coefficient (Wildman–Crippen LogP) is 1.24. The molecule has 2 aromatic carbocycles. The Labute approximate surface area is 106 Å². The predicted molar refractivity (Wildman–Crippen MR) is 71.7 cm³/mol. The Morgan fingerprint density at radius 2 is 1.61 bits per heavy atom. The fourth-order valence-electron chi connectivity index (χ4n) is 1.80. The van der Waals surface area contributed by atoms with Crippen LogP contribution in [0.25, 0.3) is 11.1 Å². The van der Waals surface area contributed by atoms with Gasteiger partial charge in [0, 0.05) is 5.56 Å². The van der Waals surface area contributed by atoms with Gasteiger partial charge < -0.3 is 10.0 Å². The lowest BCUT2D eigenvalue weighted by Crippen LogP contribution is -2.29.